The van der Waals surface area contributed by atoms with Crippen molar-refractivity contribution >= 4 is 87.0 Å². The van der Waals surface area contributed by atoms with Crippen LogP contribution in [0, 0.1) is 0 Å². The minimum absolute atomic E-state index is 1.14. The van der Waals surface area contributed by atoms with Crippen LogP contribution in [0.3, 0.4) is 0 Å². The molecule has 53 heavy (non-hydrogen) atoms. The molecule has 0 aliphatic heterocycles. The third-order valence-corrected chi connectivity index (χ3v) is 11.4. The average molecular weight is 674 g/mol. The van der Waals surface area contributed by atoms with Gasteiger partial charge in [0.2, 0.25) is 0 Å². The van der Waals surface area contributed by atoms with Gasteiger partial charge in [0.1, 0.15) is 0 Å². The molecule has 3 aromatic heterocycles. The predicted octanol–water partition coefficient (Wildman–Crippen LogP) is 13.3. The Morgan fingerprint density at radius 3 is 1.58 bits per heavy atom. The minimum Gasteiger partial charge on any atom is -0.309 e. The Morgan fingerprint density at radius 1 is 0.264 bits per heavy atom. The summed E-state index contributed by atoms with van der Waals surface area (Å²) >= 11 is 0. The Labute approximate surface area is 304 Å². The fourth-order valence-electron chi connectivity index (χ4n) is 9.21. The molecular formula is C50H31N3. The SMILES string of the molecule is c1ccc(-n2c3ccccc3c3ccc(-n4c5ccccc5c5ccc6c(c7ccccc7n6-c6cc7ccccc7c7ccccc67)c54)cc32)cc1. The number of hydrogen-bond acceptors (Lipinski definition) is 0. The highest BCUT2D eigenvalue weighted by atomic mass is 15.0. The molecule has 9 aromatic carbocycles. The van der Waals surface area contributed by atoms with Crippen molar-refractivity contribution in [3.05, 3.63) is 188 Å². The fourth-order valence-corrected chi connectivity index (χ4v) is 9.21. The second-order valence-electron chi connectivity index (χ2n) is 14.1. The van der Waals surface area contributed by atoms with Crippen molar-refractivity contribution in [2.75, 3.05) is 0 Å². The van der Waals surface area contributed by atoms with Crippen LogP contribution in [-0.4, -0.2) is 13.7 Å². The number of hydrogen-bond donors (Lipinski definition) is 0. The van der Waals surface area contributed by atoms with Crippen molar-refractivity contribution in [2.24, 2.45) is 0 Å². The molecule has 3 nitrogen and oxygen atoms in total. The van der Waals surface area contributed by atoms with Gasteiger partial charge in [-0.15, -0.1) is 0 Å². The summed E-state index contributed by atoms with van der Waals surface area (Å²) in [7, 11) is 0. The van der Waals surface area contributed by atoms with Gasteiger partial charge in [-0.3, -0.25) is 0 Å². The summed E-state index contributed by atoms with van der Waals surface area (Å²) in [4.78, 5) is 0. The molecule has 0 amide bonds. The third kappa shape index (κ3) is 3.88. The monoisotopic (exact) mass is 673 g/mol. The molecular weight excluding hydrogens is 643 g/mol. The van der Waals surface area contributed by atoms with E-state index in [1.165, 1.54) is 92.6 Å². The van der Waals surface area contributed by atoms with E-state index in [1.807, 2.05) is 0 Å². The standard InChI is InChI=1S/C50H31N3/c1-2-15-33(16-3-1)51-43-23-11-8-20-38(43)40-27-26-34(31-48(40)51)52-44-24-12-9-21-39(44)41-28-29-46-49(50(41)52)42-22-10-13-25-45(42)53(46)47-30-32-14-4-5-17-35(32)36-18-6-7-19-37(36)47/h1-31H. The van der Waals surface area contributed by atoms with Crippen molar-refractivity contribution < 1.29 is 0 Å². The van der Waals surface area contributed by atoms with Gasteiger partial charge in [-0.2, -0.15) is 0 Å². The zero-order valence-electron chi connectivity index (χ0n) is 28.7. The Balaban J connectivity index is 1.24. The summed E-state index contributed by atoms with van der Waals surface area (Å²) in [5, 5.41) is 12.5. The van der Waals surface area contributed by atoms with Crippen LogP contribution in [-0.2, 0) is 0 Å². The van der Waals surface area contributed by atoms with E-state index in [-0.39, 0.29) is 0 Å². The second kappa shape index (κ2) is 10.7. The molecule has 12 rings (SSSR count). The zero-order valence-corrected chi connectivity index (χ0v) is 28.7. The zero-order chi connectivity index (χ0) is 34.6. The van der Waals surface area contributed by atoms with E-state index in [1.54, 1.807) is 0 Å². The smallest absolute Gasteiger partial charge is 0.0641 e. The van der Waals surface area contributed by atoms with Gasteiger partial charge in [0, 0.05) is 49.1 Å². The van der Waals surface area contributed by atoms with Crippen molar-refractivity contribution in [3.63, 3.8) is 0 Å². The molecule has 0 unspecified atom stereocenters. The molecule has 246 valence electrons. The quantitative estimate of drug-likeness (QED) is 0.166. The molecule has 0 saturated carbocycles. The molecule has 0 N–H and O–H groups in total. The third-order valence-electron chi connectivity index (χ3n) is 11.4. The van der Waals surface area contributed by atoms with Crippen LogP contribution in [0.1, 0.15) is 0 Å². The number of benzene rings is 9. The Kier molecular flexibility index (Phi) is 5.77. The van der Waals surface area contributed by atoms with E-state index in [0.717, 1.165) is 11.4 Å². The Bertz CT molecular complexity index is 3450. The maximum Gasteiger partial charge on any atom is 0.0641 e. The Morgan fingerprint density at radius 2 is 0.811 bits per heavy atom. The van der Waals surface area contributed by atoms with Gasteiger partial charge >= 0.3 is 0 Å². The first-order chi connectivity index (χ1) is 26.3. The largest absolute Gasteiger partial charge is 0.309 e. The number of rotatable bonds is 3. The van der Waals surface area contributed by atoms with E-state index in [0.29, 0.717) is 0 Å². The molecule has 0 atom stereocenters. The van der Waals surface area contributed by atoms with Crippen LogP contribution in [0.5, 0.6) is 0 Å². The summed E-state index contributed by atoms with van der Waals surface area (Å²) in [6.07, 6.45) is 0. The van der Waals surface area contributed by atoms with Gasteiger partial charge in [-0.1, -0.05) is 133 Å². The number of fused-ring (bicyclic) bond motifs is 13. The van der Waals surface area contributed by atoms with E-state index in [4.69, 9.17) is 0 Å². The number of nitrogens with zero attached hydrogens (tertiary/aromatic N) is 3. The second-order valence-corrected chi connectivity index (χ2v) is 14.1. The molecule has 12 aromatic rings. The van der Waals surface area contributed by atoms with Crippen LogP contribution in [0.4, 0.5) is 0 Å². The first-order valence-electron chi connectivity index (χ1n) is 18.3. The average Bonchev–Trinajstić information content (AvgIpc) is 3.86. The maximum absolute atomic E-state index is 2.51. The topological polar surface area (TPSA) is 14.8 Å². The lowest BCUT2D eigenvalue weighted by atomic mass is 10.00. The van der Waals surface area contributed by atoms with Crippen molar-refractivity contribution in [1.29, 1.82) is 0 Å². The first-order valence-corrected chi connectivity index (χ1v) is 18.3. The lowest BCUT2D eigenvalue weighted by molar-refractivity contribution is 1.16. The number of aromatic nitrogens is 3. The summed E-state index contributed by atoms with van der Waals surface area (Å²) in [6.45, 7) is 0. The van der Waals surface area contributed by atoms with Crippen molar-refractivity contribution in [1.82, 2.24) is 13.7 Å². The van der Waals surface area contributed by atoms with Crippen LogP contribution in [0.25, 0.3) is 104 Å². The molecule has 0 radical (unpaired) electrons. The fraction of sp³-hybridized carbons (Fsp3) is 0. The highest BCUT2D eigenvalue weighted by Crippen LogP contribution is 2.44. The lowest BCUT2D eigenvalue weighted by Gasteiger charge is -2.14. The normalized spacial score (nSPS) is 12.2. The van der Waals surface area contributed by atoms with E-state index >= 15 is 0 Å². The molecule has 0 bridgehead atoms. The van der Waals surface area contributed by atoms with Gasteiger partial charge in [0.15, 0.2) is 0 Å². The van der Waals surface area contributed by atoms with E-state index < -0.39 is 0 Å². The van der Waals surface area contributed by atoms with Crippen LogP contribution < -0.4 is 0 Å². The molecule has 0 saturated heterocycles. The van der Waals surface area contributed by atoms with Crippen molar-refractivity contribution in [3.8, 4) is 17.1 Å². The van der Waals surface area contributed by atoms with Gasteiger partial charge < -0.3 is 13.7 Å². The molecule has 3 heterocycles. The first kappa shape index (κ1) is 28.6. The summed E-state index contributed by atoms with van der Waals surface area (Å²) < 4.78 is 7.42. The predicted molar refractivity (Wildman–Crippen MR) is 224 cm³/mol. The van der Waals surface area contributed by atoms with Gasteiger partial charge in [-0.05, 0) is 70.8 Å². The summed E-state index contributed by atoms with van der Waals surface area (Å²) in [6, 6.07) is 69.0. The highest BCUT2D eigenvalue weighted by Gasteiger charge is 2.23. The molecule has 0 aliphatic rings. The van der Waals surface area contributed by atoms with E-state index in [9.17, 15) is 0 Å². The highest BCUT2D eigenvalue weighted by molar-refractivity contribution is 6.27. The molecule has 0 aliphatic carbocycles. The Hall–Kier alpha value is -7.10. The summed E-state index contributed by atoms with van der Waals surface area (Å²) in [5.41, 5.74) is 10.7. The maximum atomic E-state index is 2.51. The van der Waals surface area contributed by atoms with Crippen molar-refractivity contribution in [2.45, 2.75) is 0 Å². The van der Waals surface area contributed by atoms with Gasteiger partial charge in [0.25, 0.3) is 0 Å². The molecule has 0 spiro atoms. The van der Waals surface area contributed by atoms with Gasteiger partial charge in [-0.25, -0.2) is 0 Å². The minimum atomic E-state index is 1.14. The number of para-hydroxylation sites is 4. The van der Waals surface area contributed by atoms with Crippen LogP contribution >= 0.6 is 0 Å². The summed E-state index contributed by atoms with van der Waals surface area (Å²) in [5.74, 6) is 0. The van der Waals surface area contributed by atoms with E-state index in [2.05, 4.69) is 202 Å². The van der Waals surface area contributed by atoms with Gasteiger partial charge in [0.05, 0.1) is 38.8 Å². The lowest BCUT2D eigenvalue weighted by Crippen LogP contribution is -1.98. The van der Waals surface area contributed by atoms with Crippen LogP contribution in [0.2, 0.25) is 0 Å². The van der Waals surface area contributed by atoms with Crippen LogP contribution in [0.15, 0.2) is 188 Å². The molecule has 0 fully saturated rings. The molecule has 3 heteroatoms.